The van der Waals surface area contributed by atoms with E-state index < -0.39 is 5.69 Å². The van der Waals surface area contributed by atoms with E-state index in [2.05, 4.69) is 9.51 Å². The van der Waals surface area contributed by atoms with Crippen LogP contribution in [0.3, 0.4) is 0 Å². The van der Waals surface area contributed by atoms with Crippen molar-refractivity contribution in [3.8, 4) is 0 Å². The van der Waals surface area contributed by atoms with Crippen LogP contribution in [0.4, 0.5) is 6.01 Å². The van der Waals surface area contributed by atoms with Gasteiger partial charge in [0, 0.05) is 0 Å². The molecule has 1 aromatic heterocycles. The number of rotatable bonds is 0. The molecule has 1 heterocycles. The minimum absolute atomic E-state index is 0.225. The molecule has 4 N–H and O–H groups in total. The quantitative estimate of drug-likeness (QED) is 0.387. The van der Waals surface area contributed by atoms with Crippen LogP contribution in [0, 0.1) is 0 Å². The van der Waals surface area contributed by atoms with E-state index in [1.807, 2.05) is 0 Å². The molecule has 44 valence electrons. The first-order valence-corrected chi connectivity index (χ1v) is 1.81. The summed E-state index contributed by atoms with van der Waals surface area (Å²) in [4.78, 5) is 13.8. The molecule has 0 radical (unpaired) electrons. The molecule has 0 atom stereocenters. The summed E-state index contributed by atoms with van der Waals surface area (Å²) in [7, 11) is 0. The molecule has 0 fully saturated rings. The Hall–Kier alpha value is -1.46. The number of hydrogen-bond acceptors (Lipinski definition) is 5. The summed E-state index contributed by atoms with van der Waals surface area (Å²) in [5.74, 6) is 4.84. The Labute approximate surface area is 43.6 Å². The van der Waals surface area contributed by atoms with Gasteiger partial charge in [-0.25, -0.2) is 4.79 Å². The van der Waals surface area contributed by atoms with Crippen molar-refractivity contribution >= 4 is 6.01 Å². The highest BCUT2D eigenvalue weighted by Gasteiger charge is 1.96. The summed E-state index contributed by atoms with van der Waals surface area (Å²) in [6, 6.07) is -0.225. The van der Waals surface area contributed by atoms with E-state index in [1.165, 1.54) is 0 Å². The zero-order valence-corrected chi connectivity index (χ0v) is 3.87. The number of aromatic nitrogens is 2. The molecule has 0 saturated heterocycles. The highest BCUT2D eigenvalue weighted by atomic mass is 16.5. The van der Waals surface area contributed by atoms with Crippen LogP contribution in [0.2, 0.25) is 0 Å². The van der Waals surface area contributed by atoms with Gasteiger partial charge in [-0.05, 0) is 0 Å². The second kappa shape index (κ2) is 1.25. The van der Waals surface area contributed by atoms with Crippen molar-refractivity contribution in [3.05, 3.63) is 10.5 Å². The van der Waals surface area contributed by atoms with Crippen molar-refractivity contribution in [2.24, 2.45) is 0 Å². The van der Waals surface area contributed by atoms with Gasteiger partial charge in [0.25, 0.3) is 0 Å². The lowest BCUT2D eigenvalue weighted by molar-refractivity contribution is 0.332. The second-order valence-corrected chi connectivity index (χ2v) is 1.15. The Balaban J connectivity index is 3.35. The largest absolute Gasteiger partial charge is 0.401 e. The topological polar surface area (TPSA) is 100 Å². The predicted octanol–water partition coefficient (Wildman–Crippen LogP) is -1.87. The zero-order chi connectivity index (χ0) is 6.15. The third kappa shape index (κ3) is 0.512. The third-order valence-electron chi connectivity index (χ3n) is 0.586. The molecule has 0 amide bonds. The fourth-order valence-corrected chi connectivity index (χ4v) is 0.304. The first-order chi connectivity index (χ1) is 3.70. The summed E-state index contributed by atoms with van der Waals surface area (Å²) in [5, 5.41) is 0. The van der Waals surface area contributed by atoms with Crippen molar-refractivity contribution in [2.45, 2.75) is 0 Å². The molecule has 0 bridgehead atoms. The lowest BCUT2D eigenvalue weighted by Crippen LogP contribution is -2.23. The molecule has 0 aromatic carbocycles. The molecule has 6 nitrogen and oxygen atoms in total. The standard InChI is InChI=1S/C2H4N4O2/c3-1-5-2(7)6(4)8-1/h4H2,(H2,3,5,7). The van der Waals surface area contributed by atoms with Gasteiger partial charge in [-0.2, -0.15) is 0 Å². The van der Waals surface area contributed by atoms with Crippen LogP contribution in [0.15, 0.2) is 9.32 Å². The monoisotopic (exact) mass is 116 g/mol. The van der Waals surface area contributed by atoms with Crippen molar-refractivity contribution in [1.29, 1.82) is 0 Å². The summed E-state index contributed by atoms with van der Waals surface area (Å²) in [5.41, 5.74) is 4.21. The van der Waals surface area contributed by atoms with Gasteiger partial charge < -0.3 is 16.1 Å². The van der Waals surface area contributed by atoms with Crippen LogP contribution in [-0.2, 0) is 0 Å². The van der Waals surface area contributed by atoms with E-state index in [-0.39, 0.29) is 6.01 Å². The minimum atomic E-state index is -0.692. The molecule has 8 heavy (non-hydrogen) atoms. The van der Waals surface area contributed by atoms with Gasteiger partial charge in [0.05, 0.1) is 0 Å². The van der Waals surface area contributed by atoms with E-state index in [4.69, 9.17) is 11.6 Å². The summed E-state index contributed by atoms with van der Waals surface area (Å²) in [6.45, 7) is 0. The fraction of sp³-hybridized carbons (Fsp3) is 0. The Bertz CT molecular complexity index is 234. The van der Waals surface area contributed by atoms with E-state index in [0.29, 0.717) is 4.85 Å². The SMILES string of the molecule is Nc1nc(=O)n(N)o1. The minimum Gasteiger partial charge on any atom is -0.351 e. The van der Waals surface area contributed by atoms with Gasteiger partial charge in [-0.3, -0.25) is 0 Å². The lowest BCUT2D eigenvalue weighted by atomic mass is 11.1. The Kier molecular flexibility index (Phi) is 0.736. The number of anilines is 1. The number of nitrogens with zero attached hydrogens (tertiary/aromatic N) is 2. The van der Waals surface area contributed by atoms with Gasteiger partial charge in [-0.15, -0.1) is 4.98 Å². The van der Waals surface area contributed by atoms with Crippen LogP contribution < -0.4 is 17.3 Å². The number of nitrogen functional groups attached to an aromatic ring is 2. The molecule has 1 aromatic rings. The molecule has 6 heteroatoms. The first-order valence-electron chi connectivity index (χ1n) is 1.81. The zero-order valence-electron chi connectivity index (χ0n) is 3.87. The maximum Gasteiger partial charge on any atom is 0.401 e. The summed E-state index contributed by atoms with van der Waals surface area (Å²) in [6.07, 6.45) is 0. The normalized spacial score (nSPS) is 9.50. The average Bonchev–Trinajstić information content (AvgIpc) is 1.85. The van der Waals surface area contributed by atoms with Crippen LogP contribution in [-0.4, -0.2) is 9.83 Å². The van der Waals surface area contributed by atoms with Crippen molar-refractivity contribution < 1.29 is 4.52 Å². The van der Waals surface area contributed by atoms with Crippen LogP contribution >= 0.6 is 0 Å². The van der Waals surface area contributed by atoms with Gasteiger partial charge >= 0.3 is 11.7 Å². The highest BCUT2D eigenvalue weighted by Crippen LogP contribution is 1.83. The molecule has 0 aliphatic carbocycles. The van der Waals surface area contributed by atoms with Gasteiger partial charge in [0.2, 0.25) is 0 Å². The summed E-state index contributed by atoms with van der Waals surface area (Å²) >= 11 is 0. The van der Waals surface area contributed by atoms with E-state index in [1.54, 1.807) is 0 Å². The van der Waals surface area contributed by atoms with E-state index in [9.17, 15) is 4.79 Å². The molecular formula is C2H4N4O2. The maximum atomic E-state index is 10.2. The lowest BCUT2D eigenvalue weighted by Gasteiger charge is -1.78. The molecular weight excluding hydrogens is 112 g/mol. The average molecular weight is 116 g/mol. The summed E-state index contributed by atoms with van der Waals surface area (Å²) < 4.78 is 4.26. The molecule has 1 rings (SSSR count). The Morgan fingerprint density at radius 1 is 1.75 bits per heavy atom. The molecule has 0 aliphatic heterocycles. The first kappa shape index (κ1) is 4.69. The van der Waals surface area contributed by atoms with Crippen LogP contribution in [0.1, 0.15) is 0 Å². The van der Waals surface area contributed by atoms with E-state index in [0.717, 1.165) is 0 Å². The van der Waals surface area contributed by atoms with Crippen molar-refractivity contribution in [3.63, 3.8) is 0 Å². The fourth-order valence-electron chi connectivity index (χ4n) is 0.304. The third-order valence-corrected chi connectivity index (χ3v) is 0.586. The van der Waals surface area contributed by atoms with Crippen LogP contribution in [0.5, 0.6) is 0 Å². The van der Waals surface area contributed by atoms with Gasteiger partial charge in [0.1, 0.15) is 0 Å². The smallest absolute Gasteiger partial charge is 0.351 e. The van der Waals surface area contributed by atoms with Crippen molar-refractivity contribution in [1.82, 2.24) is 9.83 Å². The Morgan fingerprint density at radius 2 is 2.38 bits per heavy atom. The van der Waals surface area contributed by atoms with Crippen LogP contribution in [0.25, 0.3) is 0 Å². The molecule has 0 aliphatic rings. The number of hydrogen-bond donors (Lipinski definition) is 2. The highest BCUT2D eigenvalue weighted by molar-refractivity contribution is 5.03. The molecule has 0 spiro atoms. The van der Waals surface area contributed by atoms with E-state index >= 15 is 0 Å². The Morgan fingerprint density at radius 3 is 2.50 bits per heavy atom. The predicted molar refractivity (Wildman–Crippen MR) is 25.3 cm³/mol. The van der Waals surface area contributed by atoms with Gasteiger partial charge in [0.15, 0.2) is 0 Å². The maximum absolute atomic E-state index is 10.2. The molecule has 0 saturated carbocycles. The molecule has 0 unspecified atom stereocenters. The second-order valence-electron chi connectivity index (χ2n) is 1.15. The van der Waals surface area contributed by atoms with Gasteiger partial charge in [-0.1, -0.05) is 4.85 Å². The van der Waals surface area contributed by atoms with Crippen molar-refractivity contribution in [2.75, 3.05) is 11.6 Å². The number of nitrogens with two attached hydrogens (primary N) is 2.